The van der Waals surface area contributed by atoms with E-state index in [4.69, 9.17) is 6.42 Å². The number of Topliss-reactive ketones (excluding diaryl/α,β-unsaturated/α-hetero) is 1. The molecule has 0 spiro atoms. The molecular formula is C21H20FNO3. The zero-order valence-electron chi connectivity index (χ0n) is 14.7. The predicted octanol–water partition coefficient (Wildman–Crippen LogP) is 3.03. The van der Waals surface area contributed by atoms with Crippen LogP contribution < -0.4 is 5.32 Å². The zero-order valence-corrected chi connectivity index (χ0v) is 14.7. The fraction of sp³-hybridized carbons (Fsp3) is 0.238. The summed E-state index contributed by atoms with van der Waals surface area (Å²) in [5.74, 6) is 1.32. The molecule has 26 heavy (non-hydrogen) atoms. The summed E-state index contributed by atoms with van der Waals surface area (Å²) >= 11 is 0. The van der Waals surface area contributed by atoms with E-state index in [0.29, 0.717) is 11.1 Å². The molecule has 0 bridgehead atoms. The van der Waals surface area contributed by atoms with Gasteiger partial charge in [-0.05, 0) is 49.7 Å². The minimum absolute atomic E-state index is 0.0651. The Morgan fingerprint density at radius 1 is 1.19 bits per heavy atom. The third kappa shape index (κ3) is 5.18. The van der Waals surface area contributed by atoms with Gasteiger partial charge in [0, 0.05) is 24.0 Å². The Bertz CT molecular complexity index is 881. The number of aromatic hydroxyl groups is 1. The maximum atomic E-state index is 13.2. The summed E-state index contributed by atoms with van der Waals surface area (Å²) in [5, 5.41) is 12.4. The van der Waals surface area contributed by atoms with Gasteiger partial charge < -0.3 is 10.4 Å². The second-order valence-electron chi connectivity index (χ2n) is 6.59. The van der Waals surface area contributed by atoms with E-state index in [2.05, 4.69) is 11.2 Å². The molecular weight excluding hydrogens is 333 g/mol. The summed E-state index contributed by atoms with van der Waals surface area (Å²) in [7, 11) is 0. The lowest BCUT2D eigenvalue weighted by Gasteiger charge is -2.19. The average molecular weight is 353 g/mol. The molecule has 0 saturated carbocycles. The molecule has 2 N–H and O–H groups in total. The van der Waals surface area contributed by atoms with Crippen LogP contribution in [0.1, 0.15) is 35.3 Å². The standard InChI is InChI=1S/C21H20FNO3/c1-4-21(2,3)23-20(26)15-7-5-6-14(10-15)11-18(24)13-16-12-17(22)8-9-19(16)25/h1,5-10,12,25H,11,13H2,2-3H3,(H,23,26). The Balaban J connectivity index is 2.08. The van der Waals surface area contributed by atoms with Crippen molar-refractivity contribution in [2.75, 3.05) is 0 Å². The van der Waals surface area contributed by atoms with Crippen molar-refractivity contribution in [2.45, 2.75) is 32.2 Å². The third-order valence-electron chi connectivity index (χ3n) is 3.81. The number of rotatable bonds is 6. The van der Waals surface area contributed by atoms with Crippen LogP contribution in [0.3, 0.4) is 0 Å². The Labute approximate surface area is 152 Å². The third-order valence-corrected chi connectivity index (χ3v) is 3.81. The predicted molar refractivity (Wildman–Crippen MR) is 97.3 cm³/mol. The van der Waals surface area contributed by atoms with Gasteiger partial charge in [0.05, 0.1) is 5.54 Å². The largest absolute Gasteiger partial charge is 0.508 e. The van der Waals surface area contributed by atoms with Gasteiger partial charge in [-0.1, -0.05) is 18.1 Å². The van der Waals surface area contributed by atoms with E-state index in [-0.39, 0.29) is 35.8 Å². The Kier molecular flexibility index (Phi) is 5.78. The molecule has 2 aromatic rings. The maximum Gasteiger partial charge on any atom is 0.252 e. The quantitative estimate of drug-likeness (QED) is 0.785. The molecule has 0 aromatic heterocycles. The summed E-state index contributed by atoms with van der Waals surface area (Å²) in [6.45, 7) is 3.42. The van der Waals surface area contributed by atoms with Crippen LogP contribution >= 0.6 is 0 Å². The molecule has 0 radical (unpaired) electrons. The van der Waals surface area contributed by atoms with Crippen molar-refractivity contribution in [1.29, 1.82) is 0 Å². The molecule has 134 valence electrons. The summed E-state index contributed by atoms with van der Waals surface area (Å²) in [4.78, 5) is 24.5. The minimum Gasteiger partial charge on any atom is -0.508 e. The lowest BCUT2D eigenvalue weighted by Crippen LogP contribution is -2.42. The zero-order chi connectivity index (χ0) is 19.3. The topological polar surface area (TPSA) is 66.4 Å². The number of hydrogen-bond acceptors (Lipinski definition) is 3. The monoisotopic (exact) mass is 353 g/mol. The van der Waals surface area contributed by atoms with Crippen molar-refractivity contribution in [1.82, 2.24) is 5.32 Å². The maximum absolute atomic E-state index is 13.2. The van der Waals surface area contributed by atoms with Crippen LogP contribution in [0.15, 0.2) is 42.5 Å². The number of carbonyl (C=O) groups is 2. The van der Waals surface area contributed by atoms with Crippen LogP contribution in [0.2, 0.25) is 0 Å². The van der Waals surface area contributed by atoms with Crippen molar-refractivity contribution in [3.05, 3.63) is 65.0 Å². The molecule has 4 nitrogen and oxygen atoms in total. The van der Waals surface area contributed by atoms with Crippen LogP contribution in [0.25, 0.3) is 0 Å². The summed E-state index contributed by atoms with van der Waals surface area (Å²) in [5.41, 5.74) is 0.501. The van der Waals surface area contributed by atoms with Crippen LogP contribution in [0, 0.1) is 18.2 Å². The molecule has 0 aliphatic heterocycles. The first kappa shape index (κ1) is 19.2. The Morgan fingerprint density at radius 2 is 1.92 bits per heavy atom. The number of halogens is 1. The number of carbonyl (C=O) groups excluding carboxylic acids is 2. The highest BCUT2D eigenvalue weighted by Crippen LogP contribution is 2.19. The number of phenolic OH excluding ortho intramolecular Hbond substituents is 1. The summed E-state index contributed by atoms with van der Waals surface area (Å²) in [6, 6.07) is 10.1. The van der Waals surface area contributed by atoms with Gasteiger partial charge in [-0.3, -0.25) is 9.59 Å². The number of hydrogen-bond donors (Lipinski definition) is 2. The first-order chi connectivity index (χ1) is 12.2. The molecule has 0 saturated heterocycles. The fourth-order valence-corrected chi connectivity index (χ4v) is 2.41. The van der Waals surface area contributed by atoms with Crippen molar-refractivity contribution in [2.24, 2.45) is 0 Å². The van der Waals surface area contributed by atoms with Gasteiger partial charge in [0.15, 0.2) is 0 Å². The molecule has 1 amide bonds. The summed E-state index contributed by atoms with van der Waals surface area (Å²) < 4.78 is 13.2. The van der Waals surface area contributed by atoms with Gasteiger partial charge in [-0.25, -0.2) is 4.39 Å². The van der Waals surface area contributed by atoms with Crippen molar-refractivity contribution >= 4 is 11.7 Å². The number of terminal acetylenes is 1. The van der Waals surface area contributed by atoms with Crippen molar-refractivity contribution in [3.8, 4) is 18.1 Å². The molecule has 0 aliphatic rings. The molecule has 2 rings (SSSR count). The second kappa shape index (κ2) is 7.83. The van der Waals surface area contributed by atoms with Crippen LogP contribution in [-0.2, 0) is 17.6 Å². The molecule has 0 unspecified atom stereocenters. The van der Waals surface area contributed by atoms with Crippen molar-refractivity contribution < 1.29 is 19.1 Å². The van der Waals surface area contributed by atoms with E-state index in [1.54, 1.807) is 38.1 Å². The number of nitrogens with one attached hydrogen (secondary N) is 1. The number of ketones is 1. The average Bonchev–Trinajstić information content (AvgIpc) is 2.58. The second-order valence-corrected chi connectivity index (χ2v) is 6.59. The number of benzene rings is 2. The molecule has 0 heterocycles. The smallest absolute Gasteiger partial charge is 0.252 e. The minimum atomic E-state index is -0.780. The molecule has 5 heteroatoms. The highest BCUT2D eigenvalue weighted by atomic mass is 19.1. The van der Waals surface area contributed by atoms with E-state index in [0.717, 1.165) is 12.1 Å². The normalized spacial score (nSPS) is 10.8. The van der Waals surface area contributed by atoms with Crippen LogP contribution in [0.5, 0.6) is 5.75 Å². The highest BCUT2D eigenvalue weighted by Gasteiger charge is 2.18. The fourth-order valence-electron chi connectivity index (χ4n) is 2.41. The Hall–Kier alpha value is -3.13. The SMILES string of the molecule is C#CC(C)(C)NC(=O)c1cccc(CC(=O)Cc2cc(F)ccc2O)c1. The van der Waals surface area contributed by atoms with Gasteiger partial charge >= 0.3 is 0 Å². The van der Waals surface area contributed by atoms with E-state index in [1.807, 2.05) is 0 Å². The lowest BCUT2D eigenvalue weighted by molar-refractivity contribution is -0.117. The van der Waals surface area contributed by atoms with E-state index in [1.165, 1.54) is 6.07 Å². The van der Waals surface area contributed by atoms with Crippen LogP contribution in [0.4, 0.5) is 4.39 Å². The Morgan fingerprint density at radius 3 is 2.62 bits per heavy atom. The highest BCUT2D eigenvalue weighted by molar-refractivity contribution is 5.95. The number of amides is 1. The molecule has 2 aromatic carbocycles. The number of phenols is 1. The molecule has 0 fully saturated rings. The van der Waals surface area contributed by atoms with E-state index in [9.17, 15) is 19.1 Å². The molecule has 0 atom stereocenters. The summed E-state index contributed by atoms with van der Waals surface area (Å²) in [6.07, 6.45) is 5.34. The van der Waals surface area contributed by atoms with Gasteiger partial charge in [0.2, 0.25) is 0 Å². The van der Waals surface area contributed by atoms with Gasteiger partial charge in [0.1, 0.15) is 17.3 Å². The van der Waals surface area contributed by atoms with E-state index >= 15 is 0 Å². The first-order valence-corrected chi connectivity index (χ1v) is 8.08. The van der Waals surface area contributed by atoms with Gasteiger partial charge in [-0.2, -0.15) is 0 Å². The van der Waals surface area contributed by atoms with Crippen LogP contribution in [-0.4, -0.2) is 22.3 Å². The van der Waals surface area contributed by atoms with E-state index < -0.39 is 11.4 Å². The van der Waals surface area contributed by atoms with Gasteiger partial charge in [0.25, 0.3) is 5.91 Å². The molecule has 0 aliphatic carbocycles. The van der Waals surface area contributed by atoms with Gasteiger partial charge in [-0.15, -0.1) is 6.42 Å². The lowest BCUT2D eigenvalue weighted by atomic mass is 10.00. The van der Waals surface area contributed by atoms with Crippen molar-refractivity contribution in [3.63, 3.8) is 0 Å². The first-order valence-electron chi connectivity index (χ1n) is 8.08.